The Bertz CT molecular complexity index is 2530. The highest BCUT2D eigenvalue weighted by molar-refractivity contribution is 7.98. The maximum atomic E-state index is 15.0. The lowest BCUT2D eigenvalue weighted by Crippen LogP contribution is -2.48. The molecule has 0 unspecified atom stereocenters. The number of halogens is 5. The fraction of sp³-hybridized carbons (Fsp3) is 0.317. The van der Waals surface area contributed by atoms with Crippen molar-refractivity contribution in [2.75, 3.05) is 33.3 Å². The smallest absolute Gasteiger partial charge is 0.383 e. The predicted molar refractivity (Wildman–Crippen MR) is 198 cm³/mol. The van der Waals surface area contributed by atoms with E-state index in [-0.39, 0.29) is 59.0 Å². The van der Waals surface area contributed by atoms with Crippen molar-refractivity contribution >= 4 is 28.6 Å². The zero-order valence-corrected chi connectivity index (χ0v) is 29.3. The van der Waals surface area contributed by atoms with Gasteiger partial charge in [0.1, 0.15) is 6.54 Å². The second-order valence-electron chi connectivity index (χ2n) is 12.5. The molecular formula is C41H40F5N3O3S. The van der Waals surface area contributed by atoms with E-state index in [2.05, 4.69) is 0 Å². The number of thioether (sulfide) groups is 1. The number of nitrogens with zero attached hydrogens (tertiary/aromatic N) is 3. The average Bonchev–Trinajstić information content (AvgIpc) is 3.21. The molecule has 0 radical (unpaired) electrons. The largest absolute Gasteiger partial charge is 0.416 e. The van der Waals surface area contributed by atoms with Crippen molar-refractivity contribution in [1.82, 2.24) is 14.4 Å². The SMILES string of the molecule is [2H]c1c(C)c([2H])c2c(=O)c([2H])c(SCc3cccc(F)c3F)n(CC(=O)N(C3CCN(CCOC([2H])([2H])[2H])CC3)C([2H])([2H])c3ccc(-c4ccc(C(F)(F)F)cc4)cc3)c2c1[2H]. The van der Waals surface area contributed by atoms with Gasteiger partial charge in [-0.15, -0.1) is 11.8 Å². The van der Waals surface area contributed by atoms with Gasteiger partial charge in [-0.25, -0.2) is 8.78 Å². The Morgan fingerprint density at radius 1 is 1.02 bits per heavy atom. The zero-order valence-electron chi connectivity index (χ0n) is 37.4. The molecule has 1 aromatic heterocycles. The third kappa shape index (κ3) is 9.17. The Hall–Kier alpha value is -4.52. The highest BCUT2D eigenvalue weighted by Crippen LogP contribution is 2.32. The van der Waals surface area contributed by atoms with Gasteiger partial charge in [-0.05, 0) is 66.7 Å². The molecule has 1 saturated heterocycles. The topological polar surface area (TPSA) is 54.8 Å². The maximum absolute atomic E-state index is 15.0. The molecule has 0 bridgehead atoms. The van der Waals surface area contributed by atoms with Crippen molar-refractivity contribution in [3.05, 3.63) is 135 Å². The number of hydrogen-bond acceptors (Lipinski definition) is 5. The molecule has 1 fully saturated rings. The number of likely N-dealkylation sites (tertiary alicyclic amines) is 1. The number of rotatable bonds is 12. The van der Waals surface area contributed by atoms with E-state index in [0.29, 0.717) is 36.0 Å². The lowest BCUT2D eigenvalue weighted by atomic mass is 10.00. The van der Waals surface area contributed by atoms with E-state index in [9.17, 15) is 34.3 Å². The molecule has 1 aliphatic heterocycles. The zero-order chi connectivity index (χ0) is 45.5. The number of piperidine rings is 1. The van der Waals surface area contributed by atoms with Crippen molar-refractivity contribution in [3.63, 3.8) is 0 Å². The van der Waals surface area contributed by atoms with Crippen LogP contribution < -0.4 is 5.43 Å². The van der Waals surface area contributed by atoms with Crippen molar-refractivity contribution < 1.29 is 43.8 Å². The number of alkyl halides is 3. The van der Waals surface area contributed by atoms with Crippen molar-refractivity contribution in [2.24, 2.45) is 0 Å². The molecule has 5 aromatic rings. The van der Waals surface area contributed by atoms with Crippen LogP contribution in [0.2, 0.25) is 0 Å². The number of carbonyl (C=O) groups is 1. The first-order chi connectivity index (χ1) is 29.0. The van der Waals surface area contributed by atoms with E-state index >= 15 is 0 Å². The van der Waals surface area contributed by atoms with Crippen LogP contribution in [0.5, 0.6) is 0 Å². The first-order valence-electron chi connectivity index (χ1n) is 21.2. The van der Waals surface area contributed by atoms with Crippen LogP contribution in [-0.4, -0.2) is 59.6 Å². The number of aromatic nitrogens is 1. The molecule has 1 aliphatic rings. The van der Waals surface area contributed by atoms with Crippen LogP contribution in [0.15, 0.2) is 101 Å². The first kappa shape index (κ1) is 28.0. The van der Waals surface area contributed by atoms with Gasteiger partial charge in [0, 0.05) is 62.0 Å². The van der Waals surface area contributed by atoms with Gasteiger partial charge in [0.05, 0.1) is 35.0 Å². The van der Waals surface area contributed by atoms with Gasteiger partial charge in [-0.2, -0.15) is 13.2 Å². The van der Waals surface area contributed by atoms with E-state index in [1.807, 2.05) is 4.90 Å². The number of carbonyl (C=O) groups excluding carboxylic acids is 1. The summed E-state index contributed by atoms with van der Waals surface area (Å²) in [5, 5.41) is -0.704. The van der Waals surface area contributed by atoms with Crippen LogP contribution in [-0.2, 0) is 34.5 Å². The van der Waals surface area contributed by atoms with E-state index in [4.69, 9.17) is 14.3 Å². The average molecular weight is 759 g/mol. The summed E-state index contributed by atoms with van der Waals surface area (Å²) < 4.78 is 151. The van der Waals surface area contributed by atoms with Gasteiger partial charge >= 0.3 is 6.18 Å². The molecule has 1 amide bonds. The lowest BCUT2D eigenvalue weighted by molar-refractivity contribution is -0.137. The Balaban J connectivity index is 1.43. The minimum absolute atomic E-state index is 0.0177. The van der Waals surface area contributed by atoms with Gasteiger partial charge in [0.15, 0.2) is 17.1 Å². The summed E-state index contributed by atoms with van der Waals surface area (Å²) >= 11 is 0.685. The molecule has 4 aromatic carbocycles. The third-order valence-corrected chi connectivity index (χ3v) is 10.0. The van der Waals surface area contributed by atoms with E-state index in [0.717, 1.165) is 27.7 Å². The molecule has 0 N–H and O–H groups in total. The number of hydrogen-bond donors (Lipinski definition) is 0. The summed E-state index contributed by atoms with van der Waals surface area (Å²) in [6, 6.07) is 10.6. The third-order valence-electron chi connectivity index (χ3n) is 8.95. The summed E-state index contributed by atoms with van der Waals surface area (Å²) in [5.41, 5.74) is -1.53. The molecule has 53 heavy (non-hydrogen) atoms. The summed E-state index contributed by atoms with van der Waals surface area (Å²) in [4.78, 5) is 31.6. The van der Waals surface area contributed by atoms with Crippen molar-refractivity contribution in [3.8, 4) is 11.1 Å². The normalized spacial score (nSPS) is 17.1. The maximum Gasteiger partial charge on any atom is 0.416 e. The number of methoxy groups -OCH3 is 1. The van der Waals surface area contributed by atoms with E-state index in [1.54, 1.807) is 0 Å². The molecule has 0 aliphatic carbocycles. The van der Waals surface area contributed by atoms with Crippen LogP contribution in [0, 0.1) is 18.6 Å². The predicted octanol–water partition coefficient (Wildman–Crippen LogP) is 8.71. The van der Waals surface area contributed by atoms with Crippen molar-refractivity contribution in [2.45, 2.75) is 55.8 Å². The first-order valence-corrected chi connectivity index (χ1v) is 17.7. The minimum atomic E-state index is -4.55. The van der Waals surface area contributed by atoms with Gasteiger partial charge in [0.2, 0.25) is 5.91 Å². The van der Waals surface area contributed by atoms with Gasteiger partial charge in [-0.1, -0.05) is 60.1 Å². The van der Waals surface area contributed by atoms with Crippen LogP contribution in [0.4, 0.5) is 22.0 Å². The number of ether oxygens (including phenoxy) is 1. The molecule has 278 valence electrons. The van der Waals surface area contributed by atoms with Crippen LogP contribution in [0.3, 0.4) is 0 Å². The quantitative estimate of drug-likeness (QED) is 0.0942. The standard InChI is InChI=1S/C41H40F5N3O3S/c1-27-6-15-36-34(22-27)37(50)23-39(53-26-31-4-3-5-35(42)40(31)43)49(36)25-38(51)48(33-16-18-47(19-17-33)20-21-52-2)24-28-7-9-29(10-8-28)30-11-13-32(14-12-30)41(44,45)46/h3-15,22-23,33H,16-21,24-26H2,1-2H3/i2D3,6D,15D,22D,23D,24D2. The lowest BCUT2D eigenvalue weighted by Gasteiger charge is -2.39. The number of pyridine rings is 1. The molecule has 2 heterocycles. The number of benzene rings is 4. The Morgan fingerprint density at radius 2 is 1.72 bits per heavy atom. The molecule has 6 nitrogen and oxygen atoms in total. The molecule has 12 heteroatoms. The summed E-state index contributed by atoms with van der Waals surface area (Å²) in [6.07, 6.45) is -4.17. The van der Waals surface area contributed by atoms with E-state index in [1.165, 1.54) is 55.5 Å². The number of amides is 1. The van der Waals surface area contributed by atoms with Crippen molar-refractivity contribution in [1.29, 1.82) is 0 Å². The fourth-order valence-corrected chi connectivity index (χ4v) is 7.12. The molecule has 0 spiro atoms. The van der Waals surface area contributed by atoms with Gasteiger partial charge < -0.3 is 19.1 Å². The van der Waals surface area contributed by atoms with Gasteiger partial charge in [-0.3, -0.25) is 9.59 Å². The summed E-state index contributed by atoms with van der Waals surface area (Å²) in [7, 11) is -2.60. The Morgan fingerprint density at radius 3 is 2.40 bits per heavy atom. The monoisotopic (exact) mass is 758 g/mol. The second-order valence-corrected chi connectivity index (χ2v) is 13.5. The minimum Gasteiger partial charge on any atom is -0.383 e. The summed E-state index contributed by atoms with van der Waals surface area (Å²) in [5.74, 6) is -3.60. The highest BCUT2D eigenvalue weighted by Gasteiger charge is 2.31. The van der Waals surface area contributed by atoms with Crippen LogP contribution in [0.25, 0.3) is 22.0 Å². The van der Waals surface area contributed by atoms with Crippen LogP contribution >= 0.6 is 11.8 Å². The highest BCUT2D eigenvalue weighted by atomic mass is 32.2. The van der Waals surface area contributed by atoms with E-state index < -0.39 is 90.4 Å². The molecule has 6 rings (SSSR count). The second kappa shape index (κ2) is 16.7. The molecule has 0 saturated carbocycles. The fourth-order valence-electron chi connectivity index (χ4n) is 6.13. The van der Waals surface area contributed by atoms with Crippen LogP contribution in [0.1, 0.15) is 47.4 Å². The summed E-state index contributed by atoms with van der Waals surface area (Å²) in [6.45, 7) is -1.38. The van der Waals surface area contributed by atoms with Gasteiger partial charge in [0.25, 0.3) is 0 Å². The Kier molecular flexibility index (Phi) is 8.80. The molecule has 0 atom stereocenters. The number of fused-ring (bicyclic) bond motifs is 1. The molecular weight excluding hydrogens is 710 g/mol. The Labute approximate surface area is 321 Å².